The van der Waals surface area contributed by atoms with Crippen LogP contribution in [-0.2, 0) is 11.3 Å². The fourth-order valence-corrected chi connectivity index (χ4v) is 3.20. The van der Waals surface area contributed by atoms with Crippen LogP contribution in [0.4, 0.5) is 10.1 Å². The minimum atomic E-state index is -0.505. The van der Waals surface area contributed by atoms with E-state index in [4.69, 9.17) is 4.74 Å². The van der Waals surface area contributed by atoms with Gasteiger partial charge in [-0.15, -0.1) is 0 Å². The summed E-state index contributed by atoms with van der Waals surface area (Å²) in [6.07, 6.45) is 0.933. The molecule has 2 aromatic carbocycles. The second-order valence-electron chi connectivity index (χ2n) is 7.02. The van der Waals surface area contributed by atoms with Gasteiger partial charge in [-0.3, -0.25) is 9.59 Å². The number of carbonyl (C=O) groups excluding carboxylic acids is 2. The highest BCUT2D eigenvalue weighted by atomic mass is 19.1. The molecule has 0 aliphatic carbocycles. The molecule has 0 spiro atoms. The SMILES string of the molecule is CC[C@H]1Oc2ccc(NC(=O)c3ccc(F)cc3)cc2CN([C@@H](C)CC)C1=O. The molecule has 6 heteroatoms. The van der Waals surface area contributed by atoms with Crippen molar-refractivity contribution in [1.29, 1.82) is 0 Å². The maximum absolute atomic E-state index is 13.0. The summed E-state index contributed by atoms with van der Waals surface area (Å²) in [5, 5.41) is 2.82. The van der Waals surface area contributed by atoms with Gasteiger partial charge in [-0.05, 0) is 62.2 Å². The van der Waals surface area contributed by atoms with Crippen molar-refractivity contribution >= 4 is 17.5 Å². The number of benzene rings is 2. The Morgan fingerprint density at radius 3 is 2.61 bits per heavy atom. The van der Waals surface area contributed by atoms with E-state index in [2.05, 4.69) is 5.32 Å². The van der Waals surface area contributed by atoms with E-state index in [-0.39, 0.29) is 23.7 Å². The molecule has 5 nitrogen and oxygen atoms in total. The van der Waals surface area contributed by atoms with Crippen LogP contribution < -0.4 is 10.1 Å². The lowest BCUT2D eigenvalue weighted by Crippen LogP contribution is -2.43. The summed E-state index contributed by atoms with van der Waals surface area (Å²) < 4.78 is 19.0. The number of halogens is 1. The number of amides is 2. The van der Waals surface area contributed by atoms with Crippen molar-refractivity contribution in [3.8, 4) is 5.75 Å². The fourth-order valence-electron chi connectivity index (χ4n) is 3.20. The van der Waals surface area contributed by atoms with Crippen LogP contribution in [0.5, 0.6) is 5.75 Å². The van der Waals surface area contributed by atoms with E-state index in [0.29, 0.717) is 30.0 Å². The van der Waals surface area contributed by atoms with Gasteiger partial charge in [0.2, 0.25) is 0 Å². The second-order valence-corrected chi connectivity index (χ2v) is 7.02. The average molecular weight is 384 g/mol. The first kappa shape index (κ1) is 19.9. The monoisotopic (exact) mass is 384 g/mol. The van der Waals surface area contributed by atoms with Crippen LogP contribution in [-0.4, -0.2) is 28.9 Å². The molecular formula is C22H25FN2O3. The molecule has 3 rings (SSSR count). The van der Waals surface area contributed by atoms with Crippen LogP contribution in [0.25, 0.3) is 0 Å². The zero-order valence-corrected chi connectivity index (χ0v) is 16.4. The summed E-state index contributed by atoms with van der Waals surface area (Å²) in [5.41, 5.74) is 1.82. The molecule has 0 radical (unpaired) electrons. The van der Waals surface area contributed by atoms with Crippen LogP contribution in [0.2, 0.25) is 0 Å². The molecule has 0 fully saturated rings. The van der Waals surface area contributed by atoms with E-state index in [1.807, 2.05) is 31.7 Å². The summed E-state index contributed by atoms with van der Waals surface area (Å²) >= 11 is 0. The summed E-state index contributed by atoms with van der Waals surface area (Å²) in [6, 6.07) is 10.8. The molecule has 0 bridgehead atoms. The quantitative estimate of drug-likeness (QED) is 0.832. The first-order valence-corrected chi connectivity index (χ1v) is 9.59. The molecular weight excluding hydrogens is 359 g/mol. The van der Waals surface area contributed by atoms with Crippen molar-refractivity contribution in [2.75, 3.05) is 5.32 Å². The van der Waals surface area contributed by atoms with Crippen molar-refractivity contribution < 1.29 is 18.7 Å². The normalized spacial score (nSPS) is 17.4. The lowest BCUT2D eigenvalue weighted by atomic mass is 10.1. The average Bonchev–Trinajstić information content (AvgIpc) is 2.84. The number of rotatable bonds is 5. The Kier molecular flexibility index (Phi) is 5.97. The highest BCUT2D eigenvalue weighted by Gasteiger charge is 2.32. The molecule has 2 atom stereocenters. The Morgan fingerprint density at radius 2 is 1.96 bits per heavy atom. The molecule has 0 unspecified atom stereocenters. The van der Waals surface area contributed by atoms with Crippen molar-refractivity contribution in [3.63, 3.8) is 0 Å². The Labute approximate surface area is 164 Å². The van der Waals surface area contributed by atoms with Gasteiger partial charge in [0, 0.05) is 29.4 Å². The van der Waals surface area contributed by atoms with Gasteiger partial charge < -0.3 is 15.0 Å². The van der Waals surface area contributed by atoms with Gasteiger partial charge in [0.15, 0.2) is 6.10 Å². The molecule has 1 N–H and O–H groups in total. The van der Waals surface area contributed by atoms with Crippen LogP contribution in [0, 0.1) is 5.82 Å². The molecule has 148 valence electrons. The van der Waals surface area contributed by atoms with Crippen molar-refractivity contribution in [2.24, 2.45) is 0 Å². The number of hydrogen-bond acceptors (Lipinski definition) is 3. The molecule has 2 aromatic rings. The number of ether oxygens (including phenoxy) is 1. The van der Waals surface area contributed by atoms with E-state index in [9.17, 15) is 14.0 Å². The molecule has 1 heterocycles. The highest BCUT2D eigenvalue weighted by Crippen LogP contribution is 2.30. The zero-order valence-electron chi connectivity index (χ0n) is 16.4. The van der Waals surface area contributed by atoms with Gasteiger partial charge in [-0.2, -0.15) is 0 Å². The smallest absolute Gasteiger partial charge is 0.264 e. The van der Waals surface area contributed by atoms with Crippen LogP contribution in [0.15, 0.2) is 42.5 Å². The number of nitrogens with zero attached hydrogens (tertiary/aromatic N) is 1. The number of nitrogens with one attached hydrogen (secondary N) is 1. The van der Waals surface area contributed by atoms with Gasteiger partial charge in [-0.25, -0.2) is 4.39 Å². The van der Waals surface area contributed by atoms with Crippen molar-refractivity contribution in [1.82, 2.24) is 4.90 Å². The number of hydrogen-bond donors (Lipinski definition) is 1. The Bertz CT molecular complexity index is 867. The van der Waals surface area contributed by atoms with Gasteiger partial charge in [0.1, 0.15) is 11.6 Å². The van der Waals surface area contributed by atoms with Crippen LogP contribution >= 0.6 is 0 Å². The molecule has 0 saturated carbocycles. The molecule has 0 saturated heterocycles. The lowest BCUT2D eigenvalue weighted by Gasteiger charge is -2.28. The molecule has 0 aromatic heterocycles. The number of carbonyl (C=O) groups is 2. The summed E-state index contributed by atoms with van der Waals surface area (Å²) in [6.45, 7) is 6.43. The summed E-state index contributed by atoms with van der Waals surface area (Å²) in [4.78, 5) is 27.1. The maximum Gasteiger partial charge on any atom is 0.264 e. The van der Waals surface area contributed by atoms with Crippen LogP contribution in [0.1, 0.15) is 49.5 Å². The van der Waals surface area contributed by atoms with E-state index in [1.165, 1.54) is 24.3 Å². The zero-order chi connectivity index (χ0) is 20.3. The third kappa shape index (κ3) is 4.16. The minimum absolute atomic E-state index is 0.00931. The van der Waals surface area contributed by atoms with Gasteiger partial charge in [0.05, 0.1) is 0 Å². The maximum atomic E-state index is 13.0. The Hall–Kier alpha value is -2.89. The molecule has 1 aliphatic heterocycles. The minimum Gasteiger partial charge on any atom is -0.480 e. The number of fused-ring (bicyclic) bond motifs is 1. The van der Waals surface area contributed by atoms with Crippen molar-refractivity contribution in [3.05, 3.63) is 59.4 Å². The van der Waals surface area contributed by atoms with Crippen LogP contribution in [0.3, 0.4) is 0 Å². The lowest BCUT2D eigenvalue weighted by molar-refractivity contribution is -0.140. The Balaban J connectivity index is 1.86. The first-order chi connectivity index (χ1) is 13.4. The molecule has 2 amide bonds. The predicted octanol–water partition coefficient (Wildman–Crippen LogP) is 4.38. The fraction of sp³-hybridized carbons (Fsp3) is 0.364. The van der Waals surface area contributed by atoms with E-state index in [1.54, 1.807) is 12.1 Å². The largest absolute Gasteiger partial charge is 0.480 e. The first-order valence-electron chi connectivity index (χ1n) is 9.59. The summed E-state index contributed by atoms with van der Waals surface area (Å²) in [5.74, 6) is -0.0643. The topological polar surface area (TPSA) is 58.6 Å². The number of anilines is 1. The van der Waals surface area contributed by atoms with E-state index < -0.39 is 6.10 Å². The van der Waals surface area contributed by atoms with E-state index >= 15 is 0 Å². The van der Waals surface area contributed by atoms with Gasteiger partial charge in [-0.1, -0.05) is 13.8 Å². The highest BCUT2D eigenvalue weighted by molar-refractivity contribution is 6.04. The van der Waals surface area contributed by atoms with E-state index in [0.717, 1.165) is 12.0 Å². The molecule has 28 heavy (non-hydrogen) atoms. The molecule has 1 aliphatic rings. The second kappa shape index (κ2) is 8.42. The Morgan fingerprint density at radius 1 is 1.25 bits per heavy atom. The van der Waals surface area contributed by atoms with Gasteiger partial charge >= 0.3 is 0 Å². The third-order valence-corrected chi connectivity index (χ3v) is 5.09. The predicted molar refractivity (Wildman–Crippen MR) is 106 cm³/mol. The summed E-state index contributed by atoms with van der Waals surface area (Å²) in [7, 11) is 0. The van der Waals surface area contributed by atoms with Gasteiger partial charge in [0.25, 0.3) is 11.8 Å². The standard InChI is InChI=1S/C22H25FN2O3/c1-4-14(3)25-13-16-12-18(10-11-20(16)28-19(5-2)22(25)27)24-21(26)15-6-8-17(23)9-7-15/h6-12,14,19H,4-5,13H2,1-3H3,(H,24,26)/t14-,19+/m0/s1. The third-order valence-electron chi connectivity index (χ3n) is 5.09. The van der Waals surface area contributed by atoms with Crippen molar-refractivity contribution in [2.45, 2.75) is 52.3 Å².